The number of nitrogens with zero attached hydrogens (tertiary/aromatic N) is 2. The van der Waals surface area contributed by atoms with Gasteiger partial charge < -0.3 is 35.0 Å². The number of benzene rings is 1. The first-order valence-corrected chi connectivity index (χ1v) is 11.4. The van der Waals surface area contributed by atoms with E-state index in [1.165, 1.54) is 27.6 Å². The number of aromatic amines is 1. The predicted molar refractivity (Wildman–Crippen MR) is 125 cm³/mol. The van der Waals surface area contributed by atoms with E-state index in [0.29, 0.717) is 32.3 Å². The van der Waals surface area contributed by atoms with Crippen LogP contribution in [-0.2, 0) is 25.5 Å². The van der Waals surface area contributed by atoms with Crippen LogP contribution in [0.15, 0.2) is 30.5 Å². The molecule has 0 bridgehead atoms. The lowest BCUT2D eigenvalue weighted by Crippen LogP contribution is -2.49. The predicted octanol–water partition coefficient (Wildman–Crippen LogP) is -0.226. The van der Waals surface area contributed by atoms with E-state index < -0.39 is 24.1 Å². The molecule has 1 fully saturated rings. The van der Waals surface area contributed by atoms with Crippen molar-refractivity contribution in [1.29, 1.82) is 0 Å². The summed E-state index contributed by atoms with van der Waals surface area (Å²) in [5, 5.41) is 33.9. The third kappa shape index (κ3) is 4.94. The Morgan fingerprint density at radius 3 is 2.37 bits per heavy atom. The number of carbonyl (C=O) groups excluding carboxylic acids is 1. The molecule has 2 aromatic rings. The van der Waals surface area contributed by atoms with Crippen molar-refractivity contribution in [2.24, 2.45) is 5.92 Å². The van der Waals surface area contributed by atoms with Gasteiger partial charge in [-0.2, -0.15) is 0 Å². The molecule has 3 heterocycles. The van der Waals surface area contributed by atoms with Gasteiger partial charge in [-0.15, -0.1) is 0 Å². The largest absolute Gasteiger partial charge is 0.479 e. The van der Waals surface area contributed by atoms with Gasteiger partial charge in [-0.1, -0.05) is 18.2 Å². The number of amides is 1. The van der Waals surface area contributed by atoms with Gasteiger partial charge in [0.2, 0.25) is 5.91 Å². The van der Waals surface area contributed by atoms with Gasteiger partial charge in [-0.05, 0) is 36.2 Å². The zero-order valence-electron chi connectivity index (χ0n) is 19.3. The molecule has 5 N–H and O–H groups in total. The molecule has 0 radical (unpaired) electrons. The monoisotopic (exact) mass is 487 g/mol. The number of carbonyl (C=O) groups is 3. The normalized spacial score (nSPS) is 23.4. The molecule has 1 amide bonds. The van der Waals surface area contributed by atoms with Crippen molar-refractivity contribution in [2.45, 2.75) is 24.7 Å². The molecule has 4 atom stereocenters. The van der Waals surface area contributed by atoms with E-state index >= 15 is 0 Å². The van der Waals surface area contributed by atoms with Crippen LogP contribution >= 0.6 is 0 Å². The first-order valence-electron chi connectivity index (χ1n) is 11.4. The van der Waals surface area contributed by atoms with E-state index in [1.807, 2.05) is 4.90 Å². The van der Waals surface area contributed by atoms with Gasteiger partial charge in [-0.3, -0.25) is 9.69 Å². The number of hydrogen-bond acceptors (Lipinski definition) is 7. The molecule has 11 heteroatoms. The number of carboxylic acid groups (broad SMARTS) is 2. The highest BCUT2D eigenvalue weighted by Gasteiger charge is 2.37. The lowest BCUT2D eigenvalue weighted by atomic mass is 9.79. The molecule has 1 aromatic carbocycles. The molecule has 1 aromatic heterocycles. The summed E-state index contributed by atoms with van der Waals surface area (Å²) in [4.78, 5) is 40.3. The molecule has 2 aliphatic heterocycles. The standard InChI is InChI=1S/C20H23N3O2.C4H6O6/c1-22-12-14(20(24)23-5-7-25-8-6-23)9-16-15-3-2-4-17-19(15)13(11-21-17)10-18(16)22;5-1(3(7)8)2(6)4(9)10/h2-4,9,11,14,18,21H,5-8,10,12H2,1H3;1-2,5-6H,(H,7,8)(H,9,10)/t14-,18-;1-,2-/m11/s1. The SMILES string of the molecule is CN1C[C@H](C(=O)N2CCOCC2)C=C2c3cccc4[nH]cc(c34)C[C@H]21.O=C(O)[C@H](O)[C@@H](O)C(=O)O. The van der Waals surface area contributed by atoms with Crippen molar-refractivity contribution < 1.29 is 39.5 Å². The molecule has 3 aliphatic rings. The van der Waals surface area contributed by atoms with Crippen molar-refractivity contribution in [3.05, 3.63) is 41.6 Å². The average Bonchev–Trinajstić information content (AvgIpc) is 3.28. The van der Waals surface area contributed by atoms with Crippen LogP contribution in [0.1, 0.15) is 11.1 Å². The van der Waals surface area contributed by atoms with Gasteiger partial charge in [0.25, 0.3) is 0 Å². The average molecular weight is 488 g/mol. The minimum atomic E-state index is -2.27. The molecular formula is C24H29N3O8. The summed E-state index contributed by atoms with van der Waals surface area (Å²) in [6.07, 6.45) is 0.865. The van der Waals surface area contributed by atoms with Crippen LogP contribution < -0.4 is 0 Å². The number of morpholine rings is 1. The van der Waals surface area contributed by atoms with E-state index in [0.717, 1.165) is 13.0 Å². The summed E-state index contributed by atoms with van der Waals surface area (Å²) in [6.45, 7) is 3.52. The number of aliphatic carboxylic acids is 2. The number of fused-ring (bicyclic) bond motifs is 2. The minimum Gasteiger partial charge on any atom is -0.479 e. The summed E-state index contributed by atoms with van der Waals surface area (Å²) in [5.41, 5.74) is 5.18. The smallest absolute Gasteiger partial charge is 0.335 e. The zero-order valence-corrected chi connectivity index (χ0v) is 19.3. The van der Waals surface area contributed by atoms with Gasteiger partial charge in [-0.25, -0.2) is 9.59 Å². The first-order chi connectivity index (χ1) is 16.7. The van der Waals surface area contributed by atoms with Crippen LogP contribution in [0.25, 0.3) is 16.5 Å². The fraction of sp³-hybridized carbons (Fsp3) is 0.458. The van der Waals surface area contributed by atoms with Crippen LogP contribution in [-0.4, -0.2) is 111 Å². The molecule has 0 saturated carbocycles. The zero-order chi connectivity index (χ0) is 25.3. The highest BCUT2D eigenvalue weighted by atomic mass is 16.5. The quantitative estimate of drug-likeness (QED) is 0.392. The summed E-state index contributed by atoms with van der Waals surface area (Å²) < 4.78 is 5.39. The number of likely N-dealkylation sites (N-methyl/N-ethyl adjacent to an activating group) is 1. The van der Waals surface area contributed by atoms with Gasteiger partial charge in [0, 0.05) is 42.8 Å². The lowest BCUT2D eigenvalue weighted by molar-refractivity contribution is -0.165. The summed E-state index contributed by atoms with van der Waals surface area (Å²) in [5.74, 6) is -3.36. The second-order valence-electron chi connectivity index (χ2n) is 8.93. The Balaban J connectivity index is 0.000000248. The number of rotatable bonds is 4. The fourth-order valence-electron chi connectivity index (χ4n) is 4.89. The third-order valence-electron chi connectivity index (χ3n) is 6.71. The van der Waals surface area contributed by atoms with E-state index in [9.17, 15) is 14.4 Å². The number of carboxylic acids is 2. The van der Waals surface area contributed by atoms with Crippen molar-refractivity contribution >= 4 is 34.3 Å². The Kier molecular flexibility index (Phi) is 7.22. The highest BCUT2D eigenvalue weighted by molar-refractivity contribution is 5.99. The second-order valence-corrected chi connectivity index (χ2v) is 8.93. The molecule has 0 spiro atoms. The molecular weight excluding hydrogens is 458 g/mol. The minimum absolute atomic E-state index is 0.0647. The number of aliphatic hydroxyl groups excluding tert-OH is 2. The lowest BCUT2D eigenvalue weighted by Gasteiger charge is -2.41. The van der Waals surface area contributed by atoms with Crippen LogP contribution in [0, 0.1) is 5.92 Å². The molecule has 1 aliphatic carbocycles. The van der Waals surface area contributed by atoms with Crippen molar-refractivity contribution in [1.82, 2.24) is 14.8 Å². The molecule has 1 saturated heterocycles. The molecule has 11 nitrogen and oxygen atoms in total. The fourth-order valence-corrected chi connectivity index (χ4v) is 4.89. The highest BCUT2D eigenvalue weighted by Crippen LogP contribution is 2.40. The van der Waals surface area contributed by atoms with E-state index in [1.54, 1.807) is 0 Å². The maximum Gasteiger partial charge on any atom is 0.335 e. The maximum absolute atomic E-state index is 13.0. The van der Waals surface area contributed by atoms with Crippen LogP contribution in [0.2, 0.25) is 0 Å². The Labute approximate surface area is 201 Å². The molecule has 0 unspecified atom stereocenters. The number of aromatic nitrogens is 1. The molecule has 188 valence electrons. The van der Waals surface area contributed by atoms with E-state index in [2.05, 4.69) is 47.4 Å². The first kappa shape index (κ1) is 24.9. The Morgan fingerprint density at radius 1 is 1.09 bits per heavy atom. The topological polar surface area (TPSA) is 164 Å². The number of hydrogen-bond donors (Lipinski definition) is 5. The summed E-state index contributed by atoms with van der Waals surface area (Å²) in [7, 11) is 2.15. The van der Waals surface area contributed by atoms with E-state index in [-0.39, 0.29) is 11.8 Å². The third-order valence-corrected chi connectivity index (χ3v) is 6.71. The van der Waals surface area contributed by atoms with Gasteiger partial charge in [0.15, 0.2) is 12.2 Å². The molecule has 35 heavy (non-hydrogen) atoms. The molecule has 5 rings (SSSR count). The number of aliphatic hydroxyl groups is 2. The van der Waals surface area contributed by atoms with Crippen molar-refractivity contribution in [3.63, 3.8) is 0 Å². The Hall–Kier alpha value is -3.25. The number of nitrogens with one attached hydrogen (secondary N) is 1. The summed E-state index contributed by atoms with van der Waals surface area (Å²) >= 11 is 0. The number of ether oxygens (including phenoxy) is 1. The van der Waals surface area contributed by atoms with Crippen LogP contribution in [0.4, 0.5) is 0 Å². The van der Waals surface area contributed by atoms with Crippen LogP contribution in [0.3, 0.4) is 0 Å². The second kappa shape index (κ2) is 10.2. The van der Waals surface area contributed by atoms with E-state index in [4.69, 9.17) is 25.2 Å². The Morgan fingerprint density at radius 2 is 1.74 bits per heavy atom. The van der Waals surface area contributed by atoms with Gasteiger partial charge in [0.1, 0.15) is 0 Å². The maximum atomic E-state index is 13.0. The van der Waals surface area contributed by atoms with Crippen molar-refractivity contribution in [3.8, 4) is 0 Å². The summed E-state index contributed by atoms with van der Waals surface area (Å²) in [6, 6.07) is 6.80. The van der Waals surface area contributed by atoms with Crippen LogP contribution in [0.5, 0.6) is 0 Å². The Bertz CT molecular complexity index is 1130. The van der Waals surface area contributed by atoms with Gasteiger partial charge >= 0.3 is 11.9 Å². The number of H-pyrrole nitrogens is 1. The van der Waals surface area contributed by atoms with Gasteiger partial charge in [0.05, 0.1) is 19.1 Å². The van der Waals surface area contributed by atoms with Crippen molar-refractivity contribution in [2.75, 3.05) is 39.9 Å².